The molecular weight excluding hydrogens is 438 g/mol. The van der Waals surface area contributed by atoms with E-state index >= 15 is 0 Å². The predicted molar refractivity (Wildman–Crippen MR) is 146 cm³/mol. The maximum atomic E-state index is 13.2. The van der Waals surface area contributed by atoms with E-state index in [1.165, 1.54) is 38.5 Å². The van der Waals surface area contributed by atoms with Crippen molar-refractivity contribution in [2.45, 2.75) is 90.9 Å². The summed E-state index contributed by atoms with van der Waals surface area (Å²) < 4.78 is 11.2. The number of ether oxygens (including phenoxy) is 2. The Kier molecular flexibility index (Phi) is 17.2. The number of nitrogens with zero attached hydrogens (tertiary/aromatic N) is 1. The van der Waals surface area contributed by atoms with Crippen LogP contribution in [-0.4, -0.2) is 38.2 Å². The van der Waals surface area contributed by atoms with Crippen LogP contribution in [0.2, 0.25) is 0 Å². The molecular formula is C30H47NO4. The fourth-order valence-electron chi connectivity index (χ4n) is 4.02. The van der Waals surface area contributed by atoms with Gasteiger partial charge in [0.2, 0.25) is 0 Å². The first-order chi connectivity index (χ1) is 17.1. The second-order valence-electron chi connectivity index (χ2n) is 8.99. The Morgan fingerprint density at radius 2 is 1.23 bits per heavy atom. The van der Waals surface area contributed by atoms with Crippen LogP contribution in [0, 0.1) is 0 Å². The van der Waals surface area contributed by atoms with Gasteiger partial charge in [0.15, 0.2) is 0 Å². The van der Waals surface area contributed by atoms with Crippen LogP contribution < -0.4 is 4.90 Å². The second kappa shape index (κ2) is 19.7. The van der Waals surface area contributed by atoms with Gasteiger partial charge in [0.05, 0.1) is 30.0 Å². The molecule has 0 bridgehead atoms. The number of hydrogen-bond acceptors (Lipinski definition) is 5. The van der Waals surface area contributed by atoms with Crippen molar-refractivity contribution >= 4 is 17.6 Å². The molecule has 0 aliphatic heterocycles. The average Bonchev–Trinajstić information content (AvgIpc) is 2.86. The molecule has 0 aromatic heterocycles. The molecule has 0 heterocycles. The van der Waals surface area contributed by atoms with Crippen LogP contribution in [0.3, 0.4) is 0 Å². The lowest BCUT2D eigenvalue weighted by atomic mass is 10.0. The van der Waals surface area contributed by atoms with Gasteiger partial charge in [-0.2, -0.15) is 0 Å². The van der Waals surface area contributed by atoms with Crippen molar-refractivity contribution in [3.63, 3.8) is 0 Å². The molecule has 196 valence electrons. The molecule has 0 spiro atoms. The molecule has 0 amide bonds. The molecule has 0 saturated carbocycles. The van der Waals surface area contributed by atoms with E-state index < -0.39 is 11.9 Å². The summed E-state index contributed by atoms with van der Waals surface area (Å²) >= 11 is 0. The average molecular weight is 486 g/mol. The normalized spacial score (nSPS) is 10.6. The molecule has 0 N–H and O–H groups in total. The lowest BCUT2D eigenvalue weighted by molar-refractivity contribution is 0.0451. The predicted octanol–water partition coefficient (Wildman–Crippen LogP) is 7.90. The molecule has 0 aliphatic rings. The number of rotatable bonds is 21. The van der Waals surface area contributed by atoms with Gasteiger partial charge in [-0.25, -0.2) is 9.59 Å². The Bertz CT molecular complexity index is 749. The largest absolute Gasteiger partial charge is 0.462 e. The highest BCUT2D eigenvalue weighted by molar-refractivity contribution is 6.07. The fraction of sp³-hybridized carbons (Fsp3) is 0.600. The minimum atomic E-state index is -0.487. The quantitative estimate of drug-likeness (QED) is 0.101. The van der Waals surface area contributed by atoms with Crippen molar-refractivity contribution in [3.8, 4) is 0 Å². The lowest BCUT2D eigenvalue weighted by Gasteiger charge is -2.25. The van der Waals surface area contributed by atoms with Crippen molar-refractivity contribution in [3.05, 3.63) is 54.6 Å². The SMILES string of the molecule is C=CCN(CC=C)c1cccc(C(=O)OCCCCCCCC)c1C(=O)OCCCCCCCC. The summed E-state index contributed by atoms with van der Waals surface area (Å²) in [7, 11) is 0. The number of unbranched alkanes of at least 4 members (excludes halogenated alkanes) is 10. The van der Waals surface area contributed by atoms with Crippen LogP contribution in [0.1, 0.15) is 112 Å². The third-order valence-corrected chi connectivity index (χ3v) is 5.97. The number of hydrogen-bond donors (Lipinski definition) is 0. The van der Waals surface area contributed by atoms with E-state index in [4.69, 9.17) is 9.47 Å². The van der Waals surface area contributed by atoms with Gasteiger partial charge in [-0.1, -0.05) is 96.3 Å². The summed E-state index contributed by atoms with van der Waals surface area (Å²) in [6.07, 6.45) is 16.8. The van der Waals surface area contributed by atoms with Gasteiger partial charge in [-0.05, 0) is 25.0 Å². The lowest BCUT2D eigenvalue weighted by Crippen LogP contribution is -2.27. The van der Waals surface area contributed by atoms with Crippen molar-refractivity contribution in [2.75, 3.05) is 31.2 Å². The molecule has 5 nitrogen and oxygen atoms in total. The minimum Gasteiger partial charge on any atom is -0.462 e. The van der Waals surface area contributed by atoms with Crippen LogP contribution in [-0.2, 0) is 9.47 Å². The topological polar surface area (TPSA) is 55.8 Å². The zero-order chi connectivity index (χ0) is 25.7. The van der Waals surface area contributed by atoms with Crippen molar-refractivity contribution < 1.29 is 19.1 Å². The maximum absolute atomic E-state index is 13.2. The smallest absolute Gasteiger partial charge is 0.341 e. The standard InChI is InChI=1S/C30H47NO4/c1-5-9-11-13-15-17-24-34-29(32)26-20-19-21-27(31(22-7-3)23-8-4)28(26)30(33)35-25-18-16-14-12-10-6-2/h7-8,19-21H,3-6,9-18,22-25H2,1-2H3. The molecule has 0 unspecified atom stereocenters. The molecule has 35 heavy (non-hydrogen) atoms. The van der Waals surface area contributed by atoms with Gasteiger partial charge in [0, 0.05) is 13.1 Å². The summed E-state index contributed by atoms with van der Waals surface area (Å²) in [5.74, 6) is -0.970. The van der Waals surface area contributed by atoms with Crippen LogP contribution >= 0.6 is 0 Å². The summed E-state index contributed by atoms with van der Waals surface area (Å²) in [5, 5.41) is 0. The molecule has 0 radical (unpaired) electrons. The van der Waals surface area contributed by atoms with Crippen LogP contribution in [0.5, 0.6) is 0 Å². The fourth-order valence-corrected chi connectivity index (χ4v) is 4.02. The first-order valence-electron chi connectivity index (χ1n) is 13.5. The highest BCUT2D eigenvalue weighted by Gasteiger charge is 2.25. The Morgan fingerprint density at radius 3 is 1.74 bits per heavy atom. The van der Waals surface area contributed by atoms with E-state index in [1.54, 1.807) is 24.3 Å². The Morgan fingerprint density at radius 1 is 0.743 bits per heavy atom. The van der Waals surface area contributed by atoms with Gasteiger partial charge in [-0.3, -0.25) is 0 Å². The maximum Gasteiger partial charge on any atom is 0.341 e. The number of carbonyl (C=O) groups is 2. The third-order valence-electron chi connectivity index (χ3n) is 5.97. The molecule has 0 saturated heterocycles. The number of benzene rings is 1. The van der Waals surface area contributed by atoms with Crippen molar-refractivity contribution in [1.82, 2.24) is 0 Å². The first kappa shape index (κ1) is 30.5. The van der Waals surface area contributed by atoms with Crippen molar-refractivity contribution in [1.29, 1.82) is 0 Å². The number of carbonyl (C=O) groups excluding carboxylic acids is 2. The van der Waals surface area contributed by atoms with E-state index in [0.29, 0.717) is 32.0 Å². The summed E-state index contributed by atoms with van der Waals surface area (Å²) in [6.45, 7) is 13.8. The molecule has 1 rings (SSSR count). The molecule has 0 atom stereocenters. The molecule has 1 aromatic rings. The zero-order valence-electron chi connectivity index (χ0n) is 22.2. The molecule has 5 heteroatoms. The van der Waals surface area contributed by atoms with E-state index in [9.17, 15) is 9.59 Å². The van der Waals surface area contributed by atoms with E-state index in [-0.39, 0.29) is 11.1 Å². The Labute approximate surface area is 213 Å². The minimum absolute atomic E-state index is 0.250. The zero-order valence-corrected chi connectivity index (χ0v) is 22.2. The van der Waals surface area contributed by atoms with E-state index in [1.807, 2.05) is 11.0 Å². The Balaban J connectivity index is 2.92. The molecule has 0 aliphatic carbocycles. The number of anilines is 1. The van der Waals surface area contributed by atoms with E-state index in [0.717, 1.165) is 38.5 Å². The van der Waals surface area contributed by atoms with Gasteiger partial charge < -0.3 is 14.4 Å². The summed E-state index contributed by atoms with van der Waals surface area (Å²) in [5.41, 5.74) is 1.14. The highest BCUT2D eigenvalue weighted by Crippen LogP contribution is 2.26. The Hall–Kier alpha value is -2.56. The van der Waals surface area contributed by atoms with Gasteiger partial charge in [-0.15, -0.1) is 13.2 Å². The van der Waals surface area contributed by atoms with Crippen LogP contribution in [0.25, 0.3) is 0 Å². The second-order valence-corrected chi connectivity index (χ2v) is 8.99. The van der Waals surface area contributed by atoms with Crippen LogP contribution in [0.15, 0.2) is 43.5 Å². The summed E-state index contributed by atoms with van der Waals surface area (Å²) in [4.78, 5) is 28.1. The first-order valence-corrected chi connectivity index (χ1v) is 13.5. The molecule has 1 aromatic carbocycles. The van der Waals surface area contributed by atoms with Crippen LogP contribution in [0.4, 0.5) is 5.69 Å². The third kappa shape index (κ3) is 12.1. The van der Waals surface area contributed by atoms with Gasteiger partial charge >= 0.3 is 11.9 Å². The van der Waals surface area contributed by atoms with E-state index in [2.05, 4.69) is 27.0 Å². The van der Waals surface area contributed by atoms with Gasteiger partial charge in [0.25, 0.3) is 0 Å². The van der Waals surface area contributed by atoms with Gasteiger partial charge in [0.1, 0.15) is 0 Å². The molecule has 0 fully saturated rings. The highest BCUT2D eigenvalue weighted by atomic mass is 16.5. The van der Waals surface area contributed by atoms with Crippen molar-refractivity contribution in [2.24, 2.45) is 0 Å². The number of esters is 2. The monoisotopic (exact) mass is 485 g/mol. The summed E-state index contributed by atoms with van der Waals surface area (Å²) in [6, 6.07) is 5.26.